The number of hydrogen-bond donors (Lipinski definition) is 1. The maximum absolute atomic E-state index is 4.79. The van der Waals surface area contributed by atoms with Crippen molar-refractivity contribution in [2.24, 2.45) is 0 Å². The van der Waals surface area contributed by atoms with Gasteiger partial charge in [0.05, 0.1) is 10.7 Å². The number of aromatic nitrogens is 1. The van der Waals surface area contributed by atoms with Crippen molar-refractivity contribution in [3.05, 3.63) is 15.6 Å². The number of hydrogen-bond acceptors (Lipinski definition) is 3. The van der Waals surface area contributed by atoms with Gasteiger partial charge in [-0.1, -0.05) is 12.8 Å². The van der Waals surface area contributed by atoms with Gasteiger partial charge in [-0.3, -0.25) is 0 Å². The molecule has 3 rings (SSSR count). The average Bonchev–Trinajstić information content (AvgIpc) is 2.96. The van der Waals surface area contributed by atoms with Gasteiger partial charge in [-0.05, 0) is 38.5 Å². The SMILES string of the molecule is C1CCc2sc(CCNC3CCCC3)nc2C1. The number of aryl methyl sites for hydroxylation is 2. The average molecular weight is 250 g/mol. The Hall–Kier alpha value is -0.410. The minimum atomic E-state index is 0.796. The molecule has 0 aliphatic heterocycles. The largest absolute Gasteiger partial charge is 0.314 e. The van der Waals surface area contributed by atoms with Crippen molar-refractivity contribution in [1.29, 1.82) is 0 Å². The summed E-state index contributed by atoms with van der Waals surface area (Å²) in [5.41, 5.74) is 1.41. The zero-order chi connectivity index (χ0) is 11.5. The van der Waals surface area contributed by atoms with Crippen LogP contribution < -0.4 is 5.32 Å². The van der Waals surface area contributed by atoms with Crippen LogP contribution in [-0.2, 0) is 19.3 Å². The van der Waals surface area contributed by atoms with E-state index in [0.29, 0.717) is 0 Å². The van der Waals surface area contributed by atoms with Crippen molar-refractivity contribution in [1.82, 2.24) is 10.3 Å². The van der Waals surface area contributed by atoms with E-state index in [4.69, 9.17) is 4.98 Å². The highest BCUT2D eigenvalue weighted by molar-refractivity contribution is 7.11. The molecule has 0 radical (unpaired) electrons. The van der Waals surface area contributed by atoms with Crippen LogP contribution in [0.15, 0.2) is 0 Å². The van der Waals surface area contributed by atoms with E-state index in [0.717, 1.165) is 19.0 Å². The second-order valence-corrected chi connectivity index (χ2v) is 6.54. The summed E-state index contributed by atoms with van der Waals surface area (Å²) >= 11 is 1.97. The van der Waals surface area contributed by atoms with Crippen LogP contribution in [0.3, 0.4) is 0 Å². The Balaban J connectivity index is 1.49. The number of fused-ring (bicyclic) bond motifs is 1. The monoisotopic (exact) mass is 250 g/mol. The molecular formula is C14H22N2S. The summed E-state index contributed by atoms with van der Waals surface area (Å²) in [6, 6.07) is 0.796. The first-order valence-corrected chi connectivity index (χ1v) is 7.94. The Labute approximate surface area is 108 Å². The standard InChI is InChI=1S/C14H22N2S/c1-2-6-11(5-1)15-10-9-14-16-12-7-3-4-8-13(12)17-14/h11,15H,1-10H2. The van der Waals surface area contributed by atoms with Crippen molar-refractivity contribution in [3.8, 4) is 0 Å². The maximum atomic E-state index is 4.79. The fourth-order valence-electron chi connectivity index (χ4n) is 3.03. The van der Waals surface area contributed by atoms with Crippen LogP contribution >= 0.6 is 11.3 Å². The van der Waals surface area contributed by atoms with Crippen LogP contribution in [0.4, 0.5) is 0 Å². The van der Waals surface area contributed by atoms with Gasteiger partial charge in [0.15, 0.2) is 0 Å². The molecule has 3 heteroatoms. The number of nitrogens with one attached hydrogen (secondary N) is 1. The molecule has 1 fully saturated rings. The lowest BCUT2D eigenvalue weighted by molar-refractivity contribution is 0.527. The van der Waals surface area contributed by atoms with Gasteiger partial charge in [-0.2, -0.15) is 0 Å². The van der Waals surface area contributed by atoms with E-state index in [1.54, 1.807) is 4.88 Å². The molecule has 0 atom stereocenters. The van der Waals surface area contributed by atoms with Crippen LogP contribution in [0.1, 0.15) is 54.1 Å². The molecule has 0 aromatic carbocycles. The predicted molar refractivity (Wildman–Crippen MR) is 72.7 cm³/mol. The Kier molecular flexibility index (Phi) is 3.77. The van der Waals surface area contributed by atoms with Gasteiger partial charge >= 0.3 is 0 Å². The number of rotatable bonds is 4. The summed E-state index contributed by atoms with van der Waals surface area (Å²) in [5.74, 6) is 0. The third-order valence-corrected chi connectivity index (χ3v) is 5.23. The van der Waals surface area contributed by atoms with Gasteiger partial charge in [-0.25, -0.2) is 4.98 Å². The number of nitrogens with zero attached hydrogens (tertiary/aromatic N) is 1. The third-order valence-electron chi connectivity index (χ3n) is 4.02. The lowest BCUT2D eigenvalue weighted by atomic mass is 10.0. The molecule has 1 aromatic rings. The third kappa shape index (κ3) is 2.89. The highest BCUT2D eigenvalue weighted by Gasteiger charge is 2.16. The topological polar surface area (TPSA) is 24.9 Å². The van der Waals surface area contributed by atoms with Gasteiger partial charge < -0.3 is 5.32 Å². The summed E-state index contributed by atoms with van der Waals surface area (Å²) < 4.78 is 0. The van der Waals surface area contributed by atoms with Crippen molar-refractivity contribution in [3.63, 3.8) is 0 Å². The van der Waals surface area contributed by atoms with Gasteiger partial charge in [0, 0.05) is 23.9 Å². The fourth-order valence-corrected chi connectivity index (χ4v) is 4.18. The molecule has 0 unspecified atom stereocenters. The van der Waals surface area contributed by atoms with Crippen molar-refractivity contribution >= 4 is 11.3 Å². The lowest BCUT2D eigenvalue weighted by Gasteiger charge is -2.10. The summed E-state index contributed by atoms with van der Waals surface area (Å²) in [7, 11) is 0. The van der Waals surface area contributed by atoms with Gasteiger partial charge in [0.1, 0.15) is 0 Å². The second-order valence-electron chi connectivity index (χ2n) is 5.37. The molecule has 0 saturated heterocycles. The normalized spacial score (nSPS) is 20.7. The number of thiazole rings is 1. The second kappa shape index (κ2) is 5.49. The van der Waals surface area contributed by atoms with Crippen molar-refractivity contribution in [2.75, 3.05) is 6.54 Å². The van der Waals surface area contributed by atoms with Crippen LogP contribution in [0.5, 0.6) is 0 Å². The molecular weight excluding hydrogens is 228 g/mol. The van der Waals surface area contributed by atoms with Crippen LogP contribution in [0, 0.1) is 0 Å². The molecule has 17 heavy (non-hydrogen) atoms. The molecule has 2 nitrogen and oxygen atoms in total. The van der Waals surface area contributed by atoms with Crippen molar-refractivity contribution in [2.45, 2.75) is 63.8 Å². The zero-order valence-corrected chi connectivity index (χ0v) is 11.3. The molecule has 1 aromatic heterocycles. The molecule has 1 N–H and O–H groups in total. The zero-order valence-electron chi connectivity index (χ0n) is 10.5. The molecule has 2 aliphatic rings. The Morgan fingerprint density at radius 1 is 1.12 bits per heavy atom. The van der Waals surface area contributed by atoms with E-state index in [1.807, 2.05) is 11.3 Å². The predicted octanol–water partition coefficient (Wildman–Crippen LogP) is 3.10. The molecule has 0 spiro atoms. The maximum Gasteiger partial charge on any atom is 0.0943 e. The first kappa shape index (κ1) is 11.7. The van der Waals surface area contributed by atoms with Gasteiger partial charge in [0.2, 0.25) is 0 Å². The van der Waals surface area contributed by atoms with Crippen LogP contribution in [0.2, 0.25) is 0 Å². The molecule has 2 aliphatic carbocycles. The highest BCUT2D eigenvalue weighted by Crippen LogP contribution is 2.26. The summed E-state index contributed by atoms with van der Waals surface area (Å²) in [6.07, 6.45) is 12.0. The highest BCUT2D eigenvalue weighted by atomic mass is 32.1. The first-order chi connectivity index (χ1) is 8.42. The molecule has 1 heterocycles. The van der Waals surface area contributed by atoms with E-state index in [-0.39, 0.29) is 0 Å². The van der Waals surface area contributed by atoms with E-state index in [2.05, 4.69) is 5.32 Å². The molecule has 94 valence electrons. The Morgan fingerprint density at radius 3 is 2.76 bits per heavy atom. The molecule has 0 bridgehead atoms. The quantitative estimate of drug-likeness (QED) is 0.888. The summed E-state index contributed by atoms with van der Waals surface area (Å²) in [4.78, 5) is 6.37. The summed E-state index contributed by atoms with van der Waals surface area (Å²) in [6.45, 7) is 1.12. The van der Waals surface area contributed by atoms with Crippen LogP contribution in [0.25, 0.3) is 0 Å². The van der Waals surface area contributed by atoms with Crippen LogP contribution in [-0.4, -0.2) is 17.6 Å². The molecule has 0 amide bonds. The summed E-state index contributed by atoms with van der Waals surface area (Å²) in [5, 5.41) is 5.04. The van der Waals surface area contributed by atoms with E-state index in [1.165, 1.54) is 62.1 Å². The smallest absolute Gasteiger partial charge is 0.0943 e. The van der Waals surface area contributed by atoms with E-state index < -0.39 is 0 Å². The van der Waals surface area contributed by atoms with Crippen molar-refractivity contribution < 1.29 is 0 Å². The minimum Gasteiger partial charge on any atom is -0.314 e. The first-order valence-electron chi connectivity index (χ1n) is 7.12. The van der Waals surface area contributed by atoms with E-state index in [9.17, 15) is 0 Å². The fraction of sp³-hybridized carbons (Fsp3) is 0.786. The van der Waals surface area contributed by atoms with Gasteiger partial charge in [0.25, 0.3) is 0 Å². The minimum absolute atomic E-state index is 0.796. The Bertz CT molecular complexity index is 343. The Morgan fingerprint density at radius 2 is 1.94 bits per heavy atom. The van der Waals surface area contributed by atoms with Gasteiger partial charge in [-0.15, -0.1) is 11.3 Å². The van der Waals surface area contributed by atoms with E-state index >= 15 is 0 Å². The lowest BCUT2D eigenvalue weighted by Crippen LogP contribution is -2.27. The molecule has 1 saturated carbocycles.